The van der Waals surface area contributed by atoms with Crippen LogP contribution in [0, 0.1) is 30.5 Å². The van der Waals surface area contributed by atoms with Gasteiger partial charge in [-0.3, -0.25) is 9.59 Å². The van der Waals surface area contributed by atoms with Crippen LogP contribution in [0.1, 0.15) is 37.7 Å². The number of Topliss-reactive ketones (excluding diaryl/α,β-unsaturated/α-hetero) is 1. The van der Waals surface area contributed by atoms with Crippen LogP contribution in [0.4, 0.5) is 10.1 Å². The van der Waals surface area contributed by atoms with Crippen LogP contribution in [0.2, 0.25) is 0 Å². The molecule has 0 heterocycles. The second kappa shape index (κ2) is 5.58. The summed E-state index contributed by atoms with van der Waals surface area (Å²) in [5, 5.41) is 2.89. The minimum absolute atomic E-state index is 0.0332. The lowest BCUT2D eigenvalue weighted by molar-refractivity contribution is -0.136. The summed E-state index contributed by atoms with van der Waals surface area (Å²) < 4.78 is 13.1. The van der Waals surface area contributed by atoms with Gasteiger partial charge in [-0.1, -0.05) is 6.42 Å². The number of hydrogen-bond donors (Lipinski definition) is 1. The Morgan fingerprint density at radius 1 is 1.24 bits per heavy atom. The monoisotopic (exact) mass is 289 g/mol. The van der Waals surface area contributed by atoms with Crippen LogP contribution in [0.3, 0.4) is 0 Å². The fourth-order valence-corrected chi connectivity index (χ4v) is 3.70. The van der Waals surface area contributed by atoms with E-state index in [1.807, 2.05) is 0 Å². The van der Waals surface area contributed by atoms with Gasteiger partial charge >= 0.3 is 0 Å². The summed E-state index contributed by atoms with van der Waals surface area (Å²) in [5.41, 5.74) is 1.37. The number of anilines is 1. The van der Waals surface area contributed by atoms with E-state index in [9.17, 15) is 14.0 Å². The number of hydrogen-bond acceptors (Lipinski definition) is 2. The zero-order valence-corrected chi connectivity index (χ0v) is 12.2. The first-order valence-corrected chi connectivity index (χ1v) is 7.65. The first-order chi connectivity index (χ1) is 10.0. The number of ketones is 1. The van der Waals surface area contributed by atoms with Gasteiger partial charge in [-0.05, 0) is 56.4 Å². The number of amides is 1. The van der Waals surface area contributed by atoms with E-state index in [2.05, 4.69) is 5.32 Å². The molecule has 21 heavy (non-hydrogen) atoms. The van der Waals surface area contributed by atoms with E-state index in [0.29, 0.717) is 24.3 Å². The van der Waals surface area contributed by atoms with Crippen molar-refractivity contribution in [1.82, 2.24) is 0 Å². The van der Waals surface area contributed by atoms with Crippen LogP contribution in [-0.2, 0) is 9.59 Å². The molecule has 3 rings (SSSR count). The molecule has 2 aliphatic carbocycles. The van der Waals surface area contributed by atoms with Crippen LogP contribution in [-0.4, -0.2) is 11.7 Å². The highest BCUT2D eigenvalue weighted by Gasteiger charge is 2.41. The summed E-state index contributed by atoms with van der Waals surface area (Å²) in [4.78, 5) is 24.5. The average molecular weight is 289 g/mol. The average Bonchev–Trinajstić information content (AvgIpc) is 2.41. The normalized spacial score (nSPS) is 28.3. The van der Waals surface area contributed by atoms with Gasteiger partial charge in [0.2, 0.25) is 5.91 Å². The SMILES string of the molecule is Cc1cc(F)ccc1NC(=O)C1CC2CCCC(C1)C2=O. The van der Waals surface area contributed by atoms with Crippen LogP contribution in [0.5, 0.6) is 0 Å². The maximum atomic E-state index is 13.1. The zero-order valence-electron chi connectivity index (χ0n) is 12.2. The Balaban J connectivity index is 1.70. The van der Waals surface area contributed by atoms with Crippen molar-refractivity contribution in [2.45, 2.75) is 39.0 Å². The molecule has 4 heteroatoms. The van der Waals surface area contributed by atoms with Gasteiger partial charge in [-0.2, -0.15) is 0 Å². The van der Waals surface area contributed by atoms with E-state index in [0.717, 1.165) is 24.8 Å². The Kier molecular flexibility index (Phi) is 3.79. The second-order valence-corrected chi connectivity index (χ2v) is 6.34. The Labute approximate surface area is 123 Å². The number of rotatable bonds is 2. The van der Waals surface area contributed by atoms with Gasteiger partial charge in [-0.15, -0.1) is 0 Å². The van der Waals surface area contributed by atoms with Crippen molar-refractivity contribution >= 4 is 17.4 Å². The number of carbonyl (C=O) groups is 2. The molecule has 2 bridgehead atoms. The van der Waals surface area contributed by atoms with E-state index < -0.39 is 0 Å². The van der Waals surface area contributed by atoms with Crippen molar-refractivity contribution in [2.75, 3.05) is 5.32 Å². The molecule has 0 aromatic heterocycles. The third kappa shape index (κ3) is 2.85. The van der Waals surface area contributed by atoms with E-state index in [1.54, 1.807) is 13.0 Å². The van der Waals surface area contributed by atoms with Gasteiger partial charge in [0.1, 0.15) is 11.6 Å². The topological polar surface area (TPSA) is 46.2 Å². The molecular weight excluding hydrogens is 269 g/mol. The van der Waals surface area contributed by atoms with Gasteiger partial charge in [0, 0.05) is 23.4 Å². The molecule has 0 saturated heterocycles. The predicted molar refractivity (Wildman–Crippen MR) is 78.3 cm³/mol. The number of halogens is 1. The van der Waals surface area contributed by atoms with Gasteiger partial charge in [-0.25, -0.2) is 4.39 Å². The maximum absolute atomic E-state index is 13.1. The standard InChI is InChI=1S/C17H20FNO2/c1-10-7-14(18)5-6-15(10)19-17(21)13-8-11-3-2-4-12(9-13)16(11)20/h5-7,11-13H,2-4,8-9H2,1H3,(H,19,21). The van der Waals surface area contributed by atoms with Crippen molar-refractivity contribution < 1.29 is 14.0 Å². The Morgan fingerprint density at radius 3 is 2.52 bits per heavy atom. The molecule has 0 aliphatic heterocycles. The third-order valence-electron chi connectivity index (χ3n) is 4.87. The van der Waals surface area contributed by atoms with Crippen LogP contribution >= 0.6 is 0 Å². The Bertz CT molecular complexity index is 568. The van der Waals surface area contributed by atoms with Crippen molar-refractivity contribution in [3.8, 4) is 0 Å². The molecule has 112 valence electrons. The quantitative estimate of drug-likeness (QED) is 0.906. The molecule has 2 atom stereocenters. The lowest BCUT2D eigenvalue weighted by Crippen LogP contribution is -2.40. The lowest BCUT2D eigenvalue weighted by atomic mass is 9.67. The molecule has 1 amide bonds. The lowest BCUT2D eigenvalue weighted by Gasteiger charge is -2.37. The zero-order chi connectivity index (χ0) is 15.0. The fraction of sp³-hybridized carbons (Fsp3) is 0.529. The summed E-state index contributed by atoms with van der Waals surface area (Å²) in [6.45, 7) is 1.78. The van der Waals surface area contributed by atoms with Gasteiger partial charge in [0.25, 0.3) is 0 Å². The minimum Gasteiger partial charge on any atom is -0.326 e. The summed E-state index contributed by atoms with van der Waals surface area (Å²) >= 11 is 0. The van der Waals surface area contributed by atoms with Crippen molar-refractivity contribution in [2.24, 2.45) is 17.8 Å². The predicted octanol–water partition coefficient (Wildman–Crippen LogP) is 3.47. The van der Waals surface area contributed by atoms with Crippen LogP contribution in [0.15, 0.2) is 18.2 Å². The highest BCUT2D eigenvalue weighted by Crippen LogP contribution is 2.40. The fourth-order valence-electron chi connectivity index (χ4n) is 3.70. The highest BCUT2D eigenvalue weighted by atomic mass is 19.1. The second-order valence-electron chi connectivity index (χ2n) is 6.34. The number of carbonyl (C=O) groups excluding carboxylic acids is 2. The van der Waals surface area contributed by atoms with Gasteiger partial charge < -0.3 is 5.32 Å². The largest absolute Gasteiger partial charge is 0.326 e. The highest BCUT2D eigenvalue weighted by molar-refractivity contribution is 5.95. The maximum Gasteiger partial charge on any atom is 0.227 e. The van der Waals surface area contributed by atoms with Crippen molar-refractivity contribution in [3.63, 3.8) is 0 Å². The minimum atomic E-state index is -0.303. The first-order valence-electron chi connectivity index (χ1n) is 7.65. The Hall–Kier alpha value is -1.71. The molecule has 0 radical (unpaired) electrons. The molecule has 2 unspecified atom stereocenters. The third-order valence-corrected chi connectivity index (χ3v) is 4.87. The first kappa shape index (κ1) is 14.2. The molecule has 1 aromatic carbocycles. The van der Waals surface area contributed by atoms with E-state index >= 15 is 0 Å². The molecule has 3 nitrogen and oxygen atoms in total. The van der Waals surface area contributed by atoms with Crippen LogP contribution in [0.25, 0.3) is 0 Å². The van der Waals surface area contributed by atoms with E-state index in [1.165, 1.54) is 12.1 Å². The number of fused-ring (bicyclic) bond motifs is 2. The number of aryl methyl sites for hydroxylation is 1. The smallest absolute Gasteiger partial charge is 0.227 e. The van der Waals surface area contributed by atoms with Crippen LogP contribution < -0.4 is 5.32 Å². The van der Waals surface area contributed by atoms with Crippen molar-refractivity contribution in [3.05, 3.63) is 29.6 Å². The molecule has 2 saturated carbocycles. The molecule has 1 N–H and O–H groups in total. The van der Waals surface area contributed by atoms with Crippen molar-refractivity contribution in [1.29, 1.82) is 0 Å². The van der Waals surface area contributed by atoms with Gasteiger partial charge in [0.05, 0.1) is 0 Å². The summed E-state index contributed by atoms with van der Waals surface area (Å²) in [6, 6.07) is 4.36. The number of nitrogens with one attached hydrogen (secondary N) is 1. The molecule has 1 aromatic rings. The molecule has 2 aliphatic rings. The molecule has 2 fully saturated rings. The van der Waals surface area contributed by atoms with Gasteiger partial charge in [0.15, 0.2) is 0 Å². The summed E-state index contributed by atoms with van der Waals surface area (Å²) in [5.74, 6) is 0.0771. The van der Waals surface area contributed by atoms with E-state index in [4.69, 9.17) is 0 Å². The molecule has 0 spiro atoms. The van der Waals surface area contributed by atoms with E-state index in [-0.39, 0.29) is 29.5 Å². The Morgan fingerprint density at radius 2 is 1.90 bits per heavy atom. The summed E-state index contributed by atoms with van der Waals surface area (Å²) in [7, 11) is 0. The molecular formula is C17H20FNO2. The summed E-state index contributed by atoms with van der Waals surface area (Å²) in [6.07, 6.45) is 4.29. The number of benzene rings is 1.